The summed E-state index contributed by atoms with van der Waals surface area (Å²) in [5, 5.41) is 3.49. The first-order chi connectivity index (χ1) is 33.4. The van der Waals surface area contributed by atoms with Crippen molar-refractivity contribution in [1.29, 1.82) is 0 Å². The van der Waals surface area contributed by atoms with E-state index in [4.69, 9.17) is 24.4 Å². The van der Waals surface area contributed by atoms with Gasteiger partial charge in [-0.25, -0.2) is 0 Å². The van der Waals surface area contributed by atoms with E-state index in [1.54, 1.807) is 10.8 Å². The van der Waals surface area contributed by atoms with Crippen molar-refractivity contribution in [2.24, 2.45) is 5.92 Å². The van der Waals surface area contributed by atoms with Crippen molar-refractivity contribution in [2.45, 2.75) is 98.2 Å². The van der Waals surface area contributed by atoms with Gasteiger partial charge in [-0.2, -0.15) is 0 Å². The fourth-order valence-electron chi connectivity index (χ4n) is 10.3. The molecule has 0 saturated heterocycles. The molecule has 5 aromatic heterocycles. The van der Waals surface area contributed by atoms with Gasteiger partial charge in [-0.1, -0.05) is 157 Å². The van der Waals surface area contributed by atoms with Crippen LogP contribution in [0.2, 0.25) is 19.6 Å². The Morgan fingerprint density at radius 2 is 1.37 bits per heavy atom. The monoisotopic (exact) mass is 1110 g/mol. The molecule has 355 valence electrons. The summed E-state index contributed by atoms with van der Waals surface area (Å²) in [7, 11) is -1.35. The Morgan fingerprint density at radius 3 is 2.01 bits per heavy atom. The van der Waals surface area contributed by atoms with Crippen molar-refractivity contribution in [3.05, 3.63) is 181 Å². The second-order valence-corrected chi connectivity index (χ2v) is 25.5. The van der Waals surface area contributed by atoms with Crippen molar-refractivity contribution in [3.63, 3.8) is 0 Å². The molecular formula is C62H61IrN5OSi-2. The fourth-order valence-corrected chi connectivity index (χ4v) is 11.9. The number of benzene rings is 5. The van der Waals surface area contributed by atoms with E-state index >= 15 is 0 Å². The molecule has 0 N–H and O–H groups in total. The number of imidazole rings is 1. The summed E-state index contributed by atoms with van der Waals surface area (Å²) < 4.78 is 8.52. The van der Waals surface area contributed by atoms with Gasteiger partial charge in [0.1, 0.15) is 11.3 Å². The summed E-state index contributed by atoms with van der Waals surface area (Å²) in [5.74, 6) is 2.18. The molecule has 5 aromatic carbocycles. The summed E-state index contributed by atoms with van der Waals surface area (Å²) >= 11 is 0. The van der Waals surface area contributed by atoms with Crippen molar-refractivity contribution < 1.29 is 24.5 Å². The number of fused-ring (bicyclic) bond motifs is 4. The van der Waals surface area contributed by atoms with Crippen LogP contribution in [0.25, 0.3) is 83.7 Å². The Morgan fingerprint density at radius 1 is 0.700 bits per heavy atom. The molecule has 0 atom stereocenters. The fraction of sp³-hybridized carbons (Fsp3) is 0.258. The molecule has 1 fully saturated rings. The van der Waals surface area contributed by atoms with Crippen molar-refractivity contribution in [2.75, 3.05) is 0 Å². The molecule has 1 radical (unpaired) electrons. The van der Waals surface area contributed by atoms with Gasteiger partial charge < -0.3 is 19.0 Å². The predicted octanol–water partition coefficient (Wildman–Crippen LogP) is 15.9. The molecule has 1 aliphatic rings. The number of hydrogen-bond acceptors (Lipinski definition) is 5. The summed E-state index contributed by atoms with van der Waals surface area (Å²) in [6, 6.07) is 50.0. The predicted molar refractivity (Wildman–Crippen MR) is 289 cm³/mol. The maximum atomic E-state index is 6.20. The van der Waals surface area contributed by atoms with E-state index in [0.29, 0.717) is 5.71 Å². The van der Waals surface area contributed by atoms with Crippen molar-refractivity contribution in [1.82, 2.24) is 24.5 Å². The van der Waals surface area contributed by atoms with Crippen LogP contribution in [0.5, 0.6) is 0 Å². The Labute approximate surface area is 428 Å². The molecule has 70 heavy (non-hydrogen) atoms. The number of aryl methyl sites for hydroxylation is 1. The zero-order valence-corrected chi connectivity index (χ0v) is 45.0. The molecule has 0 aliphatic heterocycles. The molecule has 8 heteroatoms. The minimum Gasteiger partial charge on any atom is -0.483 e. The van der Waals surface area contributed by atoms with Gasteiger partial charge in [0.15, 0.2) is 0 Å². The number of nitrogens with zero attached hydrogens (tertiary/aromatic N) is 5. The normalized spacial score (nSPS) is 13.1. The van der Waals surface area contributed by atoms with Gasteiger partial charge in [-0.05, 0) is 117 Å². The maximum Gasteiger partial charge on any atom is 0.141 e. The minimum atomic E-state index is -1.35. The Kier molecular flexibility index (Phi) is 14.3. The third kappa shape index (κ3) is 9.87. The summed E-state index contributed by atoms with van der Waals surface area (Å²) in [5.41, 5.74) is 17.1. The van der Waals surface area contributed by atoms with Crippen LogP contribution in [0.1, 0.15) is 87.6 Å². The van der Waals surface area contributed by atoms with Gasteiger partial charge in [-0.3, -0.25) is 9.97 Å². The number of hydrogen-bond donors (Lipinski definition) is 0. The van der Waals surface area contributed by atoms with Gasteiger partial charge in [-0.15, -0.1) is 42.0 Å². The summed E-state index contributed by atoms with van der Waals surface area (Å²) in [6.45, 7) is 18.4. The second kappa shape index (κ2) is 20.6. The van der Waals surface area contributed by atoms with Crippen LogP contribution in [0.15, 0.2) is 150 Å². The van der Waals surface area contributed by atoms with E-state index < -0.39 is 8.07 Å². The first-order valence-electron chi connectivity index (χ1n) is 24.8. The van der Waals surface area contributed by atoms with Crippen molar-refractivity contribution >= 4 is 46.4 Å². The Bertz CT molecular complexity index is 3390. The van der Waals surface area contributed by atoms with Gasteiger partial charge in [0.05, 0.1) is 30.6 Å². The van der Waals surface area contributed by atoms with E-state index in [-0.39, 0.29) is 31.9 Å². The molecule has 0 spiro atoms. The average Bonchev–Trinajstić information content (AvgIpc) is 4.12. The molecule has 1 saturated carbocycles. The molecular weight excluding hydrogens is 1050 g/mol. The maximum absolute atomic E-state index is 6.20. The quantitative estimate of drug-likeness (QED) is 0.101. The topological polar surface area (TPSA) is 69.6 Å². The number of pyridine rings is 3. The molecule has 11 rings (SSSR count). The van der Waals surface area contributed by atoms with Crippen LogP contribution in [0.4, 0.5) is 0 Å². The standard InChI is InChI=1S/C42H35N4O.C20H26NSi.Ir/c1-25(2)33-21-31(29-14-10-7-11-15-29)22-34(26(3)4)40(33)46-39-27(5)43-19-18-37(39)45-41(46)32-23-36-35-20-30(28-12-8-6-9-13-28)16-17-38(35)47-42(36)44-24-32;1-22(2,3)20-15-21-19(17-11-5-4-6-12-17)14-18(20)13-16-9-7-8-10-16;/h6-23,25-26H,1-5H3;4-6,11,14-16H,7-10,13H2,1-3H3;/q2*-1;. The Balaban J connectivity index is 0.000000222. The van der Waals surface area contributed by atoms with Crippen LogP contribution in [-0.2, 0) is 26.5 Å². The van der Waals surface area contributed by atoms with Crippen LogP contribution >= 0.6 is 0 Å². The molecule has 6 nitrogen and oxygen atoms in total. The third-order valence-electron chi connectivity index (χ3n) is 13.9. The molecule has 0 amide bonds. The summed E-state index contributed by atoms with van der Waals surface area (Å²) in [4.78, 5) is 19.5. The zero-order valence-electron chi connectivity index (χ0n) is 41.6. The number of aromatic nitrogens is 5. The largest absolute Gasteiger partial charge is 0.483 e. The first-order valence-corrected chi connectivity index (χ1v) is 28.3. The zero-order chi connectivity index (χ0) is 47.8. The number of furan rings is 1. The summed E-state index contributed by atoms with van der Waals surface area (Å²) in [6.07, 6.45) is 14.2. The SMILES string of the molecule is C[Si](C)(C)c1cnc(-c2[c-]cccc2)cc1CC1CCCC1.Cc1nccc2nc(-c3[c-]nc4oc5ccc(-c6ccccc6)cc5c4c3)n(-c3c(C(C)C)cc(-c4ccccc4)cc3C(C)C)c12.[Ir]. The number of rotatable bonds is 10. The molecule has 1 aliphatic carbocycles. The molecule has 0 unspecified atom stereocenters. The van der Waals surface area contributed by atoms with E-state index in [1.165, 1.54) is 54.4 Å². The smallest absolute Gasteiger partial charge is 0.141 e. The molecule has 10 aromatic rings. The van der Waals surface area contributed by atoms with Gasteiger partial charge in [0.2, 0.25) is 0 Å². The van der Waals surface area contributed by atoms with Gasteiger partial charge in [0, 0.05) is 43.6 Å². The third-order valence-corrected chi connectivity index (χ3v) is 15.9. The van der Waals surface area contributed by atoms with Crippen LogP contribution < -0.4 is 5.19 Å². The second-order valence-electron chi connectivity index (χ2n) is 20.5. The van der Waals surface area contributed by atoms with E-state index in [1.807, 2.05) is 36.5 Å². The van der Waals surface area contributed by atoms with E-state index in [0.717, 1.165) is 78.5 Å². The van der Waals surface area contributed by atoms with Crippen LogP contribution in [0.3, 0.4) is 0 Å². The van der Waals surface area contributed by atoms with Gasteiger partial charge in [0.25, 0.3) is 0 Å². The van der Waals surface area contributed by atoms with Crippen LogP contribution in [0, 0.1) is 25.1 Å². The average molecular weight is 1110 g/mol. The van der Waals surface area contributed by atoms with E-state index in [2.05, 4.69) is 180 Å². The molecule has 5 heterocycles. The van der Waals surface area contributed by atoms with Gasteiger partial charge >= 0.3 is 0 Å². The minimum absolute atomic E-state index is 0. The van der Waals surface area contributed by atoms with Crippen LogP contribution in [-0.4, -0.2) is 32.6 Å². The Hall–Kier alpha value is -6.31. The molecule has 0 bridgehead atoms. The first kappa shape index (κ1) is 48.7. The van der Waals surface area contributed by atoms with Crippen molar-refractivity contribution in [3.8, 4) is 50.6 Å². The van der Waals surface area contributed by atoms with E-state index in [9.17, 15) is 0 Å².